The number of hydrogen-bond donors (Lipinski definition) is 2. The Morgan fingerprint density at radius 1 is 1.15 bits per heavy atom. The molecule has 20 heavy (non-hydrogen) atoms. The Hall–Kier alpha value is -1.32. The van der Waals surface area contributed by atoms with Crippen molar-refractivity contribution in [3.63, 3.8) is 0 Å². The van der Waals surface area contributed by atoms with Crippen LogP contribution in [-0.4, -0.2) is 42.6 Å². The molecule has 0 unspecified atom stereocenters. The highest BCUT2D eigenvalue weighted by atomic mass is 15.2. The maximum atomic E-state index is 3.54. The van der Waals surface area contributed by atoms with E-state index < -0.39 is 0 Å². The summed E-state index contributed by atoms with van der Waals surface area (Å²) < 4.78 is 0. The van der Waals surface area contributed by atoms with Crippen LogP contribution in [0.1, 0.15) is 25.1 Å². The van der Waals surface area contributed by atoms with Gasteiger partial charge < -0.3 is 10.3 Å². The quantitative estimate of drug-likeness (QED) is 0.899. The van der Waals surface area contributed by atoms with Crippen LogP contribution in [0.3, 0.4) is 0 Å². The van der Waals surface area contributed by atoms with Crippen LogP contribution in [-0.2, 0) is 5.41 Å². The monoisotopic (exact) mass is 271 g/mol. The molecule has 1 aliphatic heterocycles. The number of piperazine rings is 1. The molecule has 0 atom stereocenters. The number of H-pyrrole nitrogens is 1. The Labute approximate surface area is 121 Å². The summed E-state index contributed by atoms with van der Waals surface area (Å²) in [7, 11) is 0. The summed E-state index contributed by atoms with van der Waals surface area (Å²) in [5.41, 5.74) is 4.22. The van der Waals surface area contributed by atoms with Crippen LogP contribution in [0.5, 0.6) is 0 Å². The lowest BCUT2D eigenvalue weighted by Crippen LogP contribution is -2.48. The summed E-state index contributed by atoms with van der Waals surface area (Å²) >= 11 is 0. The van der Waals surface area contributed by atoms with E-state index in [1.165, 1.54) is 22.2 Å². The fourth-order valence-electron chi connectivity index (χ4n) is 3.66. The SMILES string of the molecule is Cc1[nH]c2ccccc2c1C(C)(C)CN1CCNCC1. The van der Waals surface area contributed by atoms with Crippen LogP contribution >= 0.6 is 0 Å². The first-order chi connectivity index (χ1) is 9.58. The Bertz CT molecular complexity index is 591. The van der Waals surface area contributed by atoms with E-state index in [1.807, 2.05) is 0 Å². The molecule has 2 N–H and O–H groups in total. The molecule has 0 saturated carbocycles. The predicted octanol–water partition coefficient (Wildman–Crippen LogP) is 2.66. The zero-order valence-electron chi connectivity index (χ0n) is 12.8. The molecule has 0 bridgehead atoms. The molecule has 0 radical (unpaired) electrons. The Morgan fingerprint density at radius 2 is 1.85 bits per heavy atom. The van der Waals surface area contributed by atoms with E-state index in [0.29, 0.717) is 0 Å². The van der Waals surface area contributed by atoms with Gasteiger partial charge in [-0.1, -0.05) is 32.0 Å². The van der Waals surface area contributed by atoms with E-state index in [0.717, 1.165) is 32.7 Å². The highest BCUT2D eigenvalue weighted by molar-refractivity contribution is 5.85. The van der Waals surface area contributed by atoms with Crippen LogP contribution < -0.4 is 5.32 Å². The van der Waals surface area contributed by atoms with Gasteiger partial charge in [0.05, 0.1) is 0 Å². The number of rotatable bonds is 3. The lowest BCUT2D eigenvalue weighted by atomic mass is 9.82. The number of aromatic amines is 1. The molecule has 3 heteroatoms. The smallest absolute Gasteiger partial charge is 0.0459 e. The average molecular weight is 271 g/mol. The third-order valence-electron chi connectivity index (χ3n) is 4.40. The number of para-hydroxylation sites is 1. The van der Waals surface area contributed by atoms with Crippen molar-refractivity contribution >= 4 is 10.9 Å². The minimum Gasteiger partial charge on any atom is -0.358 e. The largest absolute Gasteiger partial charge is 0.358 e. The zero-order chi connectivity index (χ0) is 14.2. The van der Waals surface area contributed by atoms with Gasteiger partial charge in [0.15, 0.2) is 0 Å². The molecule has 3 nitrogen and oxygen atoms in total. The summed E-state index contributed by atoms with van der Waals surface area (Å²) in [5, 5.41) is 4.81. The van der Waals surface area contributed by atoms with Crippen molar-refractivity contribution in [3.8, 4) is 0 Å². The molecule has 3 rings (SSSR count). The molecule has 1 aliphatic rings. The van der Waals surface area contributed by atoms with Crippen molar-refractivity contribution in [3.05, 3.63) is 35.5 Å². The second-order valence-electron chi connectivity index (χ2n) is 6.58. The van der Waals surface area contributed by atoms with Crippen LogP contribution in [0.2, 0.25) is 0 Å². The Kier molecular flexibility index (Phi) is 3.57. The molecule has 1 aromatic carbocycles. The third-order valence-corrected chi connectivity index (χ3v) is 4.40. The number of nitrogens with one attached hydrogen (secondary N) is 2. The van der Waals surface area contributed by atoms with Gasteiger partial charge in [0.1, 0.15) is 0 Å². The van der Waals surface area contributed by atoms with Gasteiger partial charge in [0.2, 0.25) is 0 Å². The Balaban J connectivity index is 1.93. The fourth-order valence-corrected chi connectivity index (χ4v) is 3.66. The average Bonchev–Trinajstić information content (AvgIpc) is 2.75. The topological polar surface area (TPSA) is 31.1 Å². The summed E-state index contributed by atoms with van der Waals surface area (Å²) in [6.45, 7) is 12.6. The number of nitrogens with zero attached hydrogens (tertiary/aromatic N) is 1. The van der Waals surface area contributed by atoms with Crippen LogP contribution in [0.25, 0.3) is 10.9 Å². The highest BCUT2D eigenvalue weighted by Gasteiger charge is 2.29. The minimum absolute atomic E-state index is 0.168. The molecule has 108 valence electrons. The van der Waals surface area contributed by atoms with Gasteiger partial charge in [-0.3, -0.25) is 4.90 Å². The van der Waals surface area contributed by atoms with Crippen LogP contribution in [0, 0.1) is 6.92 Å². The van der Waals surface area contributed by atoms with Crippen molar-refractivity contribution in [2.24, 2.45) is 0 Å². The van der Waals surface area contributed by atoms with E-state index in [2.05, 4.69) is 60.2 Å². The number of hydrogen-bond acceptors (Lipinski definition) is 2. The molecule has 0 amide bonds. The maximum absolute atomic E-state index is 3.54. The molecule has 2 heterocycles. The summed E-state index contributed by atoms with van der Waals surface area (Å²) in [5.74, 6) is 0. The van der Waals surface area contributed by atoms with Gasteiger partial charge in [-0.05, 0) is 18.6 Å². The lowest BCUT2D eigenvalue weighted by Gasteiger charge is -2.35. The molecule has 1 fully saturated rings. The van der Waals surface area contributed by atoms with Crippen molar-refractivity contribution in [2.75, 3.05) is 32.7 Å². The molecule has 1 aromatic heterocycles. The minimum atomic E-state index is 0.168. The van der Waals surface area contributed by atoms with Gasteiger partial charge in [-0.25, -0.2) is 0 Å². The van der Waals surface area contributed by atoms with Gasteiger partial charge >= 0.3 is 0 Å². The van der Waals surface area contributed by atoms with E-state index in [-0.39, 0.29) is 5.41 Å². The third kappa shape index (κ3) is 2.48. The first-order valence-corrected chi connectivity index (χ1v) is 7.59. The Morgan fingerprint density at radius 3 is 2.60 bits per heavy atom. The van der Waals surface area contributed by atoms with Gasteiger partial charge in [-0.2, -0.15) is 0 Å². The highest BCUT2D eigenvalue weighted by Crippen LogP contribution is 2.34. The fraction of sp³-hybridized carbons (Fsp3) is 0.529. The second-order valence-corrected chi connectivity index (χ2v) is 6.58. The summed E-state index contributed by atoms with van der Waals surface area (Å²) in [6, 6.07) is 8.66. The van der Waals surface area contributed by atoms with E-state index in [1.54, 1.807) is 0 Å². The number of aryl methyl sites for hydroxylation is 1. The summed E-state index contributed by atoms with van der Waals surface area (Å²) in [6.07, 6.45) is 0. The normalized spacial score (nSPS) is 17.8. The van der Waals surface area contributed by atoms with Crippen molar-refractivity contribution in [1.82, 2.24) is 15.2 Å². The summed E-state index contributed by atoms with van der Waals surface area (Å²) in [4.78, 5) is 6.12. The first-order valence-electron chi connectivity index (χ1n) is 7.59. The van der Waals surface area contributed by atoms with Crippen LogP contribution in [0.15, 0.2) is 24.3 Å². The zero-order valence-corrected chi connectivity index (χ0v) is 12.8. The predicted molar refractivity (Wildman–Crippen MR) is 85.4 cm³/mol. The van der Waals surface area contributed by atoms with Gasteiger partial charge in [0.25, 0.3) is 0 Å². The van der Waals surface area contributed by atoms with Crippen molar-refractivity contribution in [2.45, 2.75) is 26.2 Å². The number of aromatic nitrogens is 1. The maximum Gasteiger partial charge on any atom is 0.0459 e. The van der Waals surface area contributed by atoms with Crippen molar-refractivity contribution < 1.29 is 0 Å². The second kappa shape index (κ2) is 5.23. The van der Waals surface area contributed by atoms with E-state index >= 15 is 0 Å². The molecule has 2 aromatic rings. The van der Waals surface area contributed by atoms with Gasteiger partial charge in [-0.15, -0.1) is 0 Å². The standard InChI is InChI=1S/C17H25N3/c1-13-16(14-6-4-5-7-15(14)19-13)17(2,3)12-20-10-8-18-9-11-20/h4-7,18-19H,8-12H2,1-3H3. The number of fused-ring (bicyclic) bond motifs is 1. The lowest BCUT2D eigenvalue weighted by molar-refractivity contribution is 0.200. The van der Waals surface area contributed by atoms with E-state index in [4.69, 9.17) is 0 Å². The van der Waals surface area contributed by atoms with Gasteiger partial charge in [0, 0.05) is 54.7 Å². The number of benzene rings is 1. The first kappa shape index (κ1) is 13.7. The van der Waals surface area contributed by atoms with Crippen LogP contribution in [0.4, 0.5) is 0 Å². The van der Waals surface area contributed by atoms with Crippen molar-refractivity contribution in [1.29, 1.82) is 0 Å². The molecule has 0 spiro atoms. The molecular weight excluding hydrogens is 246 g/mol. The molecular formula is C17H25N3. The van der Waals surface area contributed by atoms with E-state index in [9.17, 15) is 0 Å². The molecule has 1 saturated heterocycles. The molecule has 0 aliphatic carbocycles.